The lowest BCUT2D eigenvalue weighted by Gasteiger charge is -2.11. The molecule has 0 fully saturated rings. The molecule has 0 spiro atoms. The normalized spacial score (nSPS) is 10.8. The molecule has 3 aromatic carbocycles. The maximum Gasteiger partial charge on any atom is 0.426 e. The summed E-state index contributed by atoms with van der Waals surface area (Å²) in [5, 5.41) is 0.267. The van der Waals surface area contributed by atoms with Crippen LogP contribution in [0.4, 0.5) is 0 Å². The molecule has 0 saturated heterocycles. The summed E-state index contributed by atoms with van der Waals surface area (Å²) in [6, 6.07) is 21.8. The second-order valence-corrected chi connectivity index (χ2v) is 6.14. The molecule has 0 saturated carbocycles. The Labute approximate surface area is 160 Å². The Hall–Kier alpha value is -3.80. The smallest absolute Gasteiger partial charge is 0.426 e. The molecule has 0 aliphatic heterocycles. The molecule has 0 amide bonds. The van der Waals surface area contributed by atoms with Gasteiger partial charge in [-0.3, -0.25) is 0 Å². The Bertz CT molecular complexity index is 1220. The zero-order valence-corrected chi connectivity index (χ0v) is 15.1. The second kappa shape index (κ2) is 7.44. The molecule has 0 N–H and O–H groups in total. The molecule has 1 aromatic heterocycles. The van der Waals surface area contributed by atoms with E-state index in [0.29, 0.717) is 29.3 Å². The third-order valence-electron chi connectivity index (χ3n) is 4.37. The monoisotopic (exact) mass is 375 g/mol. The van der Waals surface area contributed by atoms with Gasteiger partial charge in [-0.2, -0.15) is 0 Å². The minimum Gasteiger partial charge on any atom is -0.497 e. The molecule has 0 bridgehead atoms. The van der Waals surface area contributed by atoms with Crippen LogP contribution in [0.2, 0.25) is 0 Å². The molecule has 6 nitrogen and oxygen atoms in total. The number of rotatable bonds is 5. The first kappa shape index (κ1) is 17.6. The number of ether oxygens (including phenoxy) is 2. The van der Waals surface area contributed by atoms with Gasteiger partial charge in [-0.05, 0) is 48.0 Å². The molecule has 0 aliphatic carbocycles. The second-order valence-electron chi connectivity index (χ2n) is 6.14. The molecule has 0 unspecified atom stereocenters. The number of hydrogen-bond acceptors (Lipinski definition) is 5. The summed E-state index contributed by atoms with van der Waals surface area (Å²) in [6.45, 7) is 0.447. The summed E-state index contributed by atoms with van der Waals surface area (Å²) in [7, 11) is 1.51. The van der Waals surface area contributed by atoms with Crippen molar-refractivity contribution in [3.8, 4) is 17.2 Å². The van der Waals surface area contributed by atoms with Crippen molar-refractivity contribution in [2.75, 3.05) is 7.11 Å². The first-order chi connectivity index (χ1) is 13.7. The first-order valence-corrected chi connectivity index (χ1v) is 8.67. The topological polar surface area (TPSA) is 70.7 Å². The predicted molar refractivity (Wildman–Crippen MR) is 105 cm³/mol. The van der Waals surface area contributed by atoms with E-state index in [1.807, 2.05) is 30.3 Å². The minimum absolute atomic E-state index is 0.267. The number of methoxy groups -OCH3 is 1. The van der Waals surface area contributed by atoms with Crippen LogP contribution in [0.15, 0.2) is 86.8 Å². The quantitative estimate of drug-likeness (QED) is 0.534. The number of nitrogens with zero attached hydrogens (tertiary/aromatic N) is 1. The third kappa shape index (κ3) is 3.40. The fourth-order valence-electron chi connectivity index (χ4n) is 2.96. The number of fused-ring (bicyclic) bond motifs is 1. The molecule has 140 valence electrons. The Morgan fingerprint density at radius 3 is 2.32 bits per heavy atom. The lowest BCUT2D eigenvalue weighted by Crippen LogP contribution is -2.23. The number of benzene rings is 3. The number of hydrogen-bond donors (Lipinski definition) is 0. The maximum atomic E-state index is 12.3. The minimum atomic E-state index is -0.749. The number of aromatic nitrogens is 1. The van der Waals surface area contributed by atoms with E-state index in [1.165, 1.54) is 11.7 Å². The zero-order valence-electron chi connectivity index (χ0n) is 15.1. The van der Waals surface area contributed by atoms with Crippen LogP contribution in [0, 0.1) is 0 Å². The van der Waals surface area contributed by atoms with Crippen LogP contribution in [0.5, 0.6) is 11.5 Å². The van der Waals surface area contributed by atoms with Crippen molar-refractivity contribution >= 4 is 10.9 Å². The van der Waals surface area contributed by atoms with E-state index in [1.54, 1.807) is 42.5 Å². The van der Waals surface area contributed by atoms with Crippen LogP contribution in [0.3, 0.4) is 0 Å². The van der Waals surface area contributed by atoms with Crippen LogP contribution in [-0.2, 0) is 6.61 Å². The van der Waals surface area contributed by atoms with E-state index in [2.05, 4.69) is 0 Å². The standard InChI is InChI=1S/C22H17NO5/c1-26-18-11-12-20-19(13-18)21(24)28-22(25)23(20)16-7-9-17(10-8-16)27-14-15-5-3-2-4-6-15/h2-13H,14H2,1H3. The average Bonchev–Trinajstić information content (AvgIpc) is 2.73. The van der Waals surface area contributed by atoms with Crippen molar-refractivity contribution in [2.24, 2.45) is 0 Å². The van der Waals surface area contributed by atoms with Gasteiger partial charge >= 0.3 is 11.4 Å². The highest BCUT2D eigenvalue weighted by Crippen LogP contribution is 2.21. The van der Waals surface area contributed by atoms with Gasteiger partial charge in [-0.15, -0.1) is 0 Å². The highest BCUT2D eigenvalue weighted by Gasteiger charge is 2.12. The fourth-order valence-corrected chi connectivity index (χ4v) is 2.96. The van der Waals surface area contributed by atoms with Gasteiger partial charge in [0.15, 0.2) is 0 Å². The van der Waals surface area contributed by atoms with Crippen molar-refractivity contribution in [1.82, 2.24) is 4.57 Å². The van der Waals surface area contributed by atoms with E-state index >= 15 is 0 Å². The molecule has 1 heterocycles. The zero-order chi connectivity index (χ0) is 19.5. The van der Waals surface area contributed by atoms with Gasteiger partial charge in [0, 0.05) is 0 Å². The maximum absolute atomic E-state index is 12.3. The summed E-state index contributed by atoms with van der Waals surface area (Å²) in [4.78, 5) is 24.4. The third-order valence-corrected chi connectivity index (χ3v) is 4.37. The van der Waals surface area contributed by atoms with Gasteiger partial charge in [0.25, 0.3) is 0 Å². The Balaban J connectivity index is 1.68. The lowest BCUT2D eigenvalue weighted by atomic mass is 10.2. The van der Waals surface area contributed by atoms with Gasteiger partial charge in [-0.25, -0.2) is 14.2 Å². The summed E-state index contributed by atoms with van der Waals surface area (Å²) in [6.07, 6.45) is 0. The molecule has 0 radical (unpaired) electrons. The van der Waals surface area contributed by atoms with Gasteiger partial charge in [-0.1, -0.05) is 30.3 Å². The van der Waals surface area contributed by atoms with Crippen molar-refractivity contribution in [3.05, 3.63) is 99.3 Å². The highest BCUT2D eigenvalue weighted by molar-refractivity contribution is 5.80. The molecule has 6 heteroatoms. The van der Waals surface area contributed by atoms with Crippen LogP contribution >= 0.6 is 0 Å². The van der Waals surface area contributed by atoms with E-state index < -0.39 is 11.4 Å². The Kier molecular flexibility index (Phi) is 4.68. The summed E-state index contributed by atoms with van der Waals surface area (Å²) < 4.78 is 17.1. The van der Waals surface area contributed by atoms with Crippen LogP contribution in [-0.4, -0.2) is 11.7 Å². The van der Waals surface area contributed by atoms with Crippen molar-refractivity contribution in [3.63, 3.8) is 0 Å². The van der Waals surface area contributed by atoms with Crippen LogP contribution < -0.4 is 20.9 Å². The van der Waals surface area contributed by atoms with E-state index in [-0.39, 0.29) is 5.39 Å². The van der Waals surface area contributed by atoms with Crippen LogP contribution in [0.1, 0.15) is 5.56 Å². The lowest BCUT2D eigenvalue weighted by molar-refractivity contribution is 0.306. The molecule has 4 aromatic rings. The SMILES string of the molecule is COc1ccc2c(c1)c(=O)oc(=O)n2-c1ccc(OCc2ccccc2)cc1. The molecular weight excluding hydrogens is 358 g/mol. The average molecular weight is 375 g/mol. The molecule has 4 rings (SSSR count). The van der Waals surface area contributed by atoms with Gasteiger partial charge in [0.05, 0.1) is 23.7 Å². The first-order valence-electron chi connectivity index (χ1n) is 8.67. The van der Waals surface area contributed by atoms with Crippen molar-refractivity contribution in [1.29, 1.82) is 0 Å². The van der Waals surface area contributed by atoms with E-state index in [0.717, 1.165) is 5.56 Å². The van der Waals surface area contributed by atoms with Crippen molar-refractivity contribution in [2.45, 2.75) is 6.61 Å². The Morgan fingerprint density at radius 1 is 0.893 bits per heavy atom. The molecular formula is C22H17NO5. The fraction of sp³-hybridized carbons (Fsp3) is 0.0909. The van der Waals surface area contributed by atoms with Gasteiger partial charge in [0.2, 0.25) is 0 Å². The summed E-state index contributed by atoms with van der Waals surface area (Å²) >= 11 is 0. The van der Waals surface area contributed by atoms with Crippen LogP contribution in [0.25, 0.3) is 16.6 Å². The largest absolute Gasteiger partial charge is 0.497 e. The van der Waals surface area contributed by atoms with Gasteiger partial charge < -0.3 is 13.9 Å². The summed E-state index contributed by atoms with van der Waals surface area (Å²) in [5.74, 6) is 0.430. The van der Waals surface area contributed by atoms with Gasteiger partial charge in [0.1, 0.15) is 18.1 Å². The van der Waals surface area contributed by atoms with E-state index in [9.17, 15) is 9.59 Å². The molecule has 28 heavy (non-hydrogen) atoms. The Morgan fingerprint density at radius 2 is 1.61 bits per heavy atom. The molecule has 0 aliphatic rings. The summed E-state index contributed by atoms with van der Waals surface area (Å²) in [5.41, 5.74) is 1.38. The molecule has 0 atom stereocenters. The van der Waals surface area contributed by atoms with Crippen molar-refractivity contribution < 1.29 is 13.9 Å². The van der Waals surface area contributed by atoms with E-state index in [4.69, 9.17) is 13.9 Å². The predicted octanol–water partition coefficient (Wildman–Crippen LogP) is 3.53. The highest BCUT2D eigenvalue weighted by atomic mass is 16.5.